The number of ether oxygens (including phenoxy) is 2. The molecule has 0 radical (unpaired) electrons. The maximum Gasteiger partial charge on any atom is 0.220 e. The molecule has 1 saturated heterocycles. The maximum absolute atomic E-state index is 11.9. The molecule has 2 aromatic heterocycles. The van der Waals surface area contributed by atoms with E-state index >= 15 is 0 Å². The van der Waals surface area contributed by atoms with Gasteiger partial charge in [-0.1, -0.05) is 0 Å². The third-order valence-corrected chi connectivity index (χ3v) is 4.81. The summed E-state index contributed by atoms with van der Waals surface area (Å²) in [6, 6.07) is 3.87. The van der Waals surface area contributed by atoms with Gasteiger partial charge >= 0.3 is 0 Å². The Morgan fingerprint density at radius 1 is 1.42 bits per heavy atom. The molecule has 0 aliphatic carbocycles. The van der Waals surface area contributed by atoms with Crippen molar-refractivity contribution in [2.24, 2.45) is 0 Å². The molecule has 1 aliphatic rings. The molecule has 128 valence electrons. The maximum atomic E-state index is 11.9. The van der Waals surface area contributed by atoms with E-state index < -0.39 is 5.79 Å². The third-order valence-electron chi connectivity index (χ3n) is 3.87. The molecular formula is C17H21N3O3S. The molecule has 0 aromatic carbocycles. The molecule has 0 atom stereocenters. The number of nitrogens with zero attached hydrogens (tertiary/aromatic N) is 2. The second-order valence-electron chi connectivity index (χ2n) is 5.82. The van der Waals surface area contributed by atoms with Gasteiger partial charge in [0.05, 0.1) is 18.9 Å². The van der Waals surface area contributed by atoms with Gasteiger partial charge in [-0.15, -0.1) is 11.3 Å². The number of carbonyl (C=O) groups excluding carboxylic acids is 1. The average molecular weight is 347 g/mol. The van der Waals surface area contributed by atoms with E-state index in [2.05, 4.69) is 15.3 Å². The summed E-state index contributed by atoms with van der Waals surface area (Å²) in [5.74, 6) is -0.534. The number of amides is 1. The number of hydrogen-bond acceptors (Lipinski definition) is 6. The first-order chi connectivity index (χ1) is 11.6. The molecule has 3 heterocycles. The van der Waals surface area contributed by atoms with Crippen LogP contribution in [0.1, 0.15) is 25.5 Å². The van der Waals surface area contributed by atoms with Crippen LogP contribution in [0.5, 0.6) is 0 Å². The second-order valence-corrected chi connectivity index (χ2v) is 6.67. The highest BCUT2D eigenvalue weighted by molar-refractivity contribution is 7.13. The molecule has 1 N–H and O–H groups in total. The number of aryl methyl sites for hydroxylation is 1. The molecule has 7 heteroatoms. The minimum atomic E-state index is -0.555. The topological polar surface area (TPSA) is 73.3 Å². The number of rotatable bonds is 7. The number of thiazole rings is 1. The van der Waals surface area contributed by atoms with Crippen molar-refractivity contribution in [1.29, 1.82) is 0 Å². The molecule has 24 heavy (non-hydrogen) atoms. The van der Waals surface area contributed by atoms with E-state index in [9.17, 15) is 4.79 Å². The van der Waals surface area contributed by atoms with Gasteiger partial charge in [-0.25, -0.2) is 4.98 Å². The highest BCUT2D eigenvalue weighted by Gasteiger charge is 2.30. The zero-order chi connectivity index (χ0) is 16.8. The number of pyridine rings is 1. The molecule has 6 nitrogen and oxygen atoms in total. The van der Waals surface area contributed by atoms with Crippen LogP contribution in [0, 0.1) is 0 Å². The van der Waals surface area contributed by atoms with Crippen LogP contribution in [0.25, 0.3) is 10.6 Å². The van der Waals surface area contributed by atoms with Crippen molar-refractivity contribution in [2.45, 2.75) is 32.0 Å². The van der Waals surface area contributed by atoms with E-state index in [0.717, 1.165) is 16.3 Å². The summed E-state index contributed by atoms with van der Waals surface area (Å²) >= 11 is 1.57. The van der Waals surface area contributed by atoms with E-state index in [1.54, 1.807) is 23.7 Å². The summed E-state index contributed by atoms with van der Waals surface area (Å²) in [7, 11) is 0. The van der Waals surface area contributed by atoms with Crippen LogP contribution in [0.2, 0.25) is 0 Å². The molecular weight excluding hydrogens is 326 g/mol. The predicted octanol–water partition coefficient (Wildman–Crippen LogP) is 2.41. The van der Waals surface area contributed by atoms with Gasteiger partial charge in [0.2, 0.25) is 5.91 Å². The first-order valence-corrected chi connectivity index (χ1v) is 8.92. The second kappa shape index (κ2) is 7.83. The molecule has 2 aromatic rings. The summed E-state index contributed by atoms with van der Waals surface area (Å²) in [6.07, 6.45) is 5.25. The summed E-state index contributed by atoms with van der Waals surface area (Å²) < 4.78 is 11.0. The van der Waals surface area contributed by atoms with Gasteiger partial charge < -0.3 is 14.8 Å². The minimum absolute atomic E-state index is 0.0209. The van der Waals surface area contributed by atoms with Gasteiger partial charge in [0.1, 0.15) is 5.01 Å². The highest BCUT2D eigenvalue weighted by Crippen LogP contribution is 2.23. The van der Waals surface area contributed by atoms with Crippen molar-refractivity contribution in [3.63, 3.8) is 0 Å². The Balaban J connectivity index is 1.41. The normalized spacial score (nSPS) is 16.2. The van der Waals surface area contributed by atoms with Crippen LogP contribution in [0.4, 0.5) is 0 Å². The lowest BCUT2D eigenvalue weighted by Gasteiger charge is -2.22. The monoisotopic (exact) mass is 347 g/mol. The van der Waals surface area contributed by atoms with Gasteiger partial charge in [-0.3, -0.25) is 9.78 Å². The summed E-state index contributed by atoms with van der Waals surface area (Å²) in [5, 5.41) is 5.84. The van der Waals surface area contributed by atoms with Crippen molar-refractivity contribution >= 4 is 17.2 Å². The summed E-state index contributed by atoms with van der Waals surface area (Å²) in [6.45, 7) is 3.69. The Morgan fingerprint density at radius 3 is 3.00 bits per heavy atom. The number of nitrogens with one attached hydrogen (secondary N) is 1. The van der Waals surface area contributed by atoms with Gasteiger partial charge in [0.15, 0.2) is 5.79 Å². The lowest BCUT2D eigenvalue weighted by molar-refractivity contribution is -0.146. The lowest BCUT2D eigenvalue weighted by Crippen LogP contribution is -2.33. The van der Waals surface area contributed by atoms with E-state index in [-0.39, 0.29) is 5.91 Å². The third kappa shape index (κ3) is 4.59. The van der Waals surface area contributed by atoms with E-state index in [4.69, 9.17) is 9.47 Å². The zero-order valence-corrected chi connectivity index (χ0v) is 14.5. The fourth-order valence-electron chi connectivity index (χ4n) is 2.50. The molecule has 1 fully saturated rings. The number of hydrogen-bond donors (Lipinski definition) is 1. The fourth-order valence-corrected chi connectivity index (χ4v) is 3.35. The van der Waals surface area contributed by atoms with E-state index in [1.165, 1.54) is 0 Å². The molecule has 0 saturated carbocycles. The quantitative estimate of drug-likeness (QED) is 0.833. The smallest absolute Gasteiger partial charge is 0.220 e. The van der Waals surface area contributed by atoms with Crippen molar-refractivity contribution in [3.8, 4) is 10.6 Å². The molecule has 0 spiro atoms. The molecule has 3 rings (SSSR count). The SMILES string of the molecule is CC1(CCNC(=O)CCc2csc(-c3cccnc3)n2)OCCO1. The first-order valence-electron chi connectivity index (χ1n) is 8.04. The van der Waals surface area contributed by atoms with Crippen LogP contribution in [0.15, 0.2) is 29.9 Å². The van der Waals surface area contributed by atoms with Crippen molar-refractivity contribution in [2.75, 3.05) is 19.8 Å². The summed E-state index contributed by atoms with van der Waals surface area (Å²) in [5.41, 5.74) is 1.94. The lowest BCUT2D eigenvalue weighted by atomic mass is 10.2. The Morgan fingerprint density at radius 2 is 2.25 bits per heavy atom. The largest absolute Gasteiger partial charge is 0.356 e. The van der Waals surface area contributed by atoms with Crippen LogP contribution >= 0.6 is 11.3 Å². The Hall–Kier alpha value is -1.83. The Labute approximate surface area is 145 Å². The minimum Gasteiger partial charge on any atom is -0.356 e. The fraction of sp³-hybridized carbons (Fsp3) is 0.471. The predicted molar refractivity (Wildman–Crippen MR) is 91.6 cm³/mol. The van der Waals surface area contributed by atoms with Crippen LogP contribution in [0.3, 0.4) is 0 Å². The number of aromatic nitrogens is 2. The van der Waals surface area contributed by atoms with E-state index in [0.29, 0.717) is 39.0 Å². The van der Waals surface area contributed by atoms with Crippen LogP contribution in [-0.4, -0.2) is 41.4 Å². The standard InChI is InChI=1S/C17H21N3O3S/c1-17(22-9-10-23-17)6-8-19-15(21)5-4-14-12-24-16(20-14)13-3-2-7-18-11-13/h2-3,7,11-12H,4-6,8-10H2,1H3,(H,19,21). The van der Waals surface area contributed by atoms with Gasteiger partial charge in [0.25, 0.3) is 0 Å². The highest BCUT2D eigenvalue weighted by atomic mass is 32.1. The van der Waals surface area contributed by atoms with Gasteiger partial charge in [0, 0.05) is 42.7 Å². The molecule has 1 aliphatic heterocycles. The van der Waals surface area contributed by atoms with E-state index in [1.807, 2.05) is 24.4 Å². The first kappa shape index (κ1) is 17.0. The molecule has 0 unspecified atom stereocenters. The average Bonchev–Trinajstić information content (AvgIpc) is 3.23. The van der Waals surface area contributed by atoms with Crippen molar-refractivity contribution in [3.05, 3.63) is 35.6 Å². The molecule has 0 bridgehead atoms. The van der Waals surface area contributed by atoms with Crippen molar-refractivity contribution in [1.82, 2.24) is 15.3 Å². The molecule has 1 amide bonds. The summed E-state index contributed by atoms with van der Waals surface area (Å²) in [4.78, 5) is 20.6. The van der Waals surface area contributed by atoms with Gasteiger partial charge in [-0.2, -0.15) is 0 Å². The van der Waals surface area contributed by atoms with Crippen LogP contribution < -0.4 is 5.32 Å². The zero-order valence-electron chi connectivity index (χ0n) is 13.7. The van der Waals surface area contributed by atoms with Crippen molar-refractivity contribution < 1.29 is 14.3 Å². The number of carbonyl (C=O) groups is 1. The Bertz CT molecular complexity index is 669. The van der Waals surface area contributed by atoms with Gasteiger partial charge in [-0.05, 0) is 25.5 Å². The van der Waals surface area contributed by atoms with Crippen LogP contribution in [-0.2, 0) is 20.7 Å². The Kier molecular flexibility index (Phi) is 5.55.